The Morgan fingerprint density at radius 3 is 2.94 bits per heavy atom. The number of pyridine rings is 1. The van der Waals surface area contributed by atoms with Crippen LogP contribution in [0.4, 0.5) is 0 Å². The van der Waals surface area contributed by atoms with Crippen molar-refractivity contribution < 1.29 is 0 Å². The van der Waals surface area contributed by atoms with Crippen molar-refractivity contribution in [1.82, 2.24) is 19.9 Å². The molecule has 5 nitrogen and oxygen atoms in total. The van der Waals surface area contributed by atoms with Gasteiger partial charge in [-0.15, -0.1) is 6.58 Å². The van der Waals surface area contributed by atoms with Crippen LogP contribution in [0, 0.1) is 4.77 Å². The fraction of sp³-hybridized carbons (Fsp3) is 0.0909. The molecule has 0 aromatic carbocycles. The maximum absolute atomic E-state index is 5.11. The van der Waals surface area contributed by atoms with Gasteiger partial charge in [-0.2, -0.15) is 14.9 Å². The molecule has 0 unspecified atom stereocenters. The molecule has 0 radical (unpaired) electrons. The van der Waals surface area contributed by atoms with Crippen molar-refractivity contribution >= 4 is 18.4 Å². The minimum absolute atomic E-state index is 0.456. The average molecular weight is 245 g/mol. The smallest absolute Gasteiger partial charge is 0.216 e. The summed E-state index contributed by atoms with van der Waals surface area (Å²) in [5, 5.41) is 11.1. The van der Waals surface area contributed by atoms with Crippen molar-refractivity contribution in [2.24, 2.45) is 5.10 Å². The highest BCUT2D eigenvalue weighted by Crippen LogP contribution is 2.15. The lowest BCUT2D eigenvalue weighted by atomic mass is 10.2. The van der Waals surface area contributed by atoms with Crippen molar-refractivity contribution in [3.63, 3.8) is 0 Å². The van der Waals surface area contributed by atoms with Crippen LogP contribution >= 0.6 is 12.2 Å². The highest BCUT2D eigenvalue weighted by molar-refractivity contribution is 7.71. The van der Waals surface area contributed by atoms with Gasteiger partial charge in [0.05, 0.1) is 0 Å². The molecule has 17 heavy (non-hydrogen) atoms. The summed E-state index contributed by atoms with van der Waals surface area (Å²) in [6.45, 7) is 3.62. The zero-order valence-electron chi connectivity index (χ0n) is 9.08. The topological polar surface area (TPSA) is 58.9 Å². The van der Waals surface area contributed by atoms with E-state index in [1.54, 1.807) is 29.4 Å². The summed E-state index contributed by atoms with van der Waals surface area (Å²) >= 11 is 5.11. The Morgan fingerprint density at radius 1 is 1.47 bits per heavy atom. The molecular formula is C11H11N5S. The molecule has 2 aromatic rings. The number of nitrogens with zero attached hydrogens (tertiary/aromatic N) is 4. The van der Waals surface area contributed by atoms with Crippen LogP contribution < -0.4 is 0 Å². The normalized spacial score (nSPS) is 10.8. The third kappa shape index (κ3) is 2.54. The molecule has 0 amide bonds. The first-order chi connectivity index (χ1) is 8.33. The molecule has 0 aliphatic carbocycles. The SMILES string of the molecule is C=CC/C=N/n1c(-c2ccncc2)n[nH]c1=S. The van der Waals surface area contributed by atoms with Crippen molar-refractivity contribution in [2.45, 2.75) is 6.42 Å². The Hall–Kier alpha value is -2.08. The van der Waals surface area contributed by atoms with Gasteiger partial charge in [-0.05, 0) is 24.4 Å². The van der Waals surface area contributed by atoms with E-state index in [9.17, 15) is 0 Å². The largest absolute Gasteiger partial charge is 0.265 e. The molecule has 6 heteroatoms. The first-order valence-corrected chi connectivity index (χ1v) is 5.45. The van der Waals surface area contributed by atoms with Gasteiger partial charge in [0.25, 0.3) is 0 Å². The summed E-state index contributed by atoms with van der Waals surface area (Å²) in [6, 6.07) is 3.70. The van der Waals surface area contributed by atoms with Crippen LogP contribution in [0.1, 0.15) is 6.42 Å². The van der Waals surface area contributed by atoms with Gasteiger partial charge in [-0.3, -0.25) is 4.98 Å². The highest BCUT2D eigenvalue weighted by Gasteiger charge is 2.06. The highest BCUT2D eigenvalue weighted by atomic mass is 32.1. The molecule has 0 spiro atoms. The van der Waals surface area contributed by atoms with Crippen LogP contribution in [0.2, 0.25) is 0 Å². The van der Waals surface area contributed by atoms with Gasteiger partial charge in [0.2, 0.25) is 4.77 Å². The first kappa shape index (κ1) is 11.4. The number of hydrogen-bond donors (Lipinski definition) is 1. The third-order valence-electron chi connectivity index (χ3n) is 2.06. The monoisotopic (exact) mass is 245 g/mol. The molecule has 2 heterocycles. The summed E-state index contributed by atoms with van der Waals surface area (Å²) < 4.78 is 2.03. The Morgan fingerprint density at radius 2 is 2.24 bits per heavy atom. The second-order valence-corrected chi connectivity index (χ2v) is 3.61. The van der Waals surface area contributed by atoms with E-state index in [0.29, 0.717) is 17.0 Å². The predicted octanol–water partition coefficient (Wildman–Crippen LogP) is 2.41. The van der Waals surface area contributed by atoms with E-state index >= 15 is 0 Å². The van der Waals surface area contributed by atoms with Crippen molar-refractivity contribution in [2.75, 3.05) is 0 Å². The zero-order chi connectivity index (χ0) is 12.1. The van der Waals surface area contributed by atoms with Crippen molar-refractivity contribution in [1.29, 1.82) is 0 Å². The van der Waals surface area contributed by atoms with Crippen LogP contribution in [0.5, 0.6) is 0 Å². The molecule has 86 valence electrons. The van der Waals surface area contributed by atoms with Crippen LogP contribution in [0.25, 0.3) is 11.4 Å². The van der Waals surface area contributed by atoms with Crippen LogP contribution in [-0.4, -0.2) is 26.1 Å². The van der Waals surface area contributed by atoms with Gasteiger partial charge >= 0.3 is 0 Å². The van der Waals surface area contributed by atoms with Crippen LogP contribution in [0.15, 0.2) is 42.3 Å². The number of aromatic nitrogens is 4. The summed E-state index contributed by atoms with van der Waals surface area (Å²) in [4.78, 5) is 3.96. The van der Waals surface area contributed by atoms with Crippen LogP contribution in [0.3, 0.4) is 0 Å². The van der Waals surface area contributed by atoms with Gasteiger partial charge in [-0.25, -0.2) is 5.10 Å². The minimum Gasteiger partial charge on any atom is -0.265 e. The molecule has 0 fully saturated rings. The summed E-state index contributed by atoms with van der Waals surface area (Å²) in [7, 11) is 0. The van der Waals surface area contributed by atoms with Gasteiger partial charge in [0.15, 0.2) is 5.82 Å². The molecule has 1 N–H and O–H groups in total. The number of nitrogens with one attached hydrogen (secondary N) is 1. The molecule has 2 aromatic heterocycles. The quantitative estimate of drug-likeness (QED) is 0.511. The molecule has 0 bridgehead atoms. The third-order valence-corrected chi connectivity index (χ3v) is 2.32. The number of H-pyrrole nitrogens is 1. The number of rotatable bonds is 4. The Balaban J connectivity index is 2.43. The summed E-state index contributed by atoms with van der Waals surface area (Å²) in [5.41, 5.74) is 0.906. The lowest BCUT2D eigenvalue weighted by Crippen LogP contribution is -1.94. The van der Waals surface area contributed by atoms with Crippen molar-refractivity contribution in [3.8, 4) is 11.4 Å². The Labute approximate surface area is 104 Å². The van der Waals surface area contributed by atoms with Gasteiger partial charge in [0, 0.05) is 30.6 Å². The maximum Gasteiger partial charge on any atom is 0.216 e. The van der Waals surface area contributed by atoms with E-state index in [4.69, 9.17) is 12.2 Å². The molecule has 2 rings (SSSR count). The fourth-order valence-corrected chi connectivity index (χ4v) is 1.47. The van der Waals surface area contributed by atoms with Gasteiger partial charge in [0.1, 0.15) is 0 Å². The minimum atomic E-state index is 0.456. The average Bonchev–Trinajstić information content (AvgIpc) is 2.73. The molecular weight excluding hydrogens is 234 g/mol. The lowest BCUT2D eigenvalue weighted by Gasteiger charge is -1.99. The van der Waals surface area contributed by atoms with E-state index in [-0.39, 0.29) is 0 Å². The predicted molar refractivity (Wildman–Crippen MR) is 69.3 cm³/mol. The fourth-order valence-electron chi connectivity index (χ4n) is 1.29. The number of hydrogen-bond acceptors (Lipinski definition) is 4. The lowest BCUT2D eigenvalue weighted by molar-refractivity contribution is 0.868. The Bertz CT molecular complexity index is 581. The van der Waals surface area contributed by atoms with E-state index in [1.807, 2.05) is 12.1 Å². The standard InChI is InChI=1S/C11H11N5S/c1-2-3-6-13-16-10(14-15-11(16)17)9-4-7-12-8-5-9/h2,4-8H,1,3H2,(H,15,17)/b13-6+. The van der Waals surface area contributed by atoms with E-state index in [2.05, 4.69) is 26.9 Å². The number of allylic oxidation sites excluding steroid dienone is 1. The van der Waals surface area contributed by atoms with E-state index < -0.39 is 0 Å². The van der Waals surface area contributed by atoms with Crippen molar-refractivity contribution in [3.05, 3.63) is 42.0 Å². The van der Waals surface area contributed by atoms with E-state index in [0.717, 1.165) is 5.56 Å². The molecule has 0 atom stereocenters. The second-order valence-electron chi connectivity index (χ2n) is 3.22. The first-order valence-electron chi connectivity index (χ1n) is 5.04. The molecule has 0 aliphatic heterocycles. The van der Waals surface area contributed by atoms with Gasteiger partial charge < -0.3 is 0 Å². The molecule has 0 saturated heterocycles. The summed E-state index contributed by atoms with van der Waals surface area (Å²) in [6.07, 6.45) is 7.57. The van der Waals surface area contributed by atoms with Gasteiger partial charge in [-0.1, -0.05) is 6.08 Å². The summed E-state index contributed by atoms with van der Waals surface area (Å²) in [5.74, 6) is 0.665. The molecule has 0 aliphatic rings. The number of aromatic amines is 1. The second kappa shape index (κ2) is 5.31. The Kier molecular flexibility index (Phi) is 3.56. The van der Waals surface area contributed by atoms with E-state index in [1.165, 1.54) is 0 Å². The van der Waals surface area contributed by atoms with Crippen LogP contribution in [-0.2, 0) is 0 Å². The maximum atomic E-state index is 5.11. The molecule has 0 saturated carbocycles. The zero-order valence-corrected chi connectivity index (χ0v) is 9.89.